The molecule has 0 spiro atoms. The molecule has 4 nitrogen and oxygen atoms in total. The highest BCUT2D eigenvalue weighted by atomic mass is 16.5. The molecule has 168 valence electrons. The lowest BCUT2D eigenvalue weighted by atomic mass is 10.1. The Morgan fingerprint density at radius 3 is 2.06 bits per heavy atom. The van der Waals surface area contributed by atoms with Crippen LogP contribution in [0.5, 0.6) is 11.5 Å². The first kappa shape index (κ1) is 23.2. The molecule has 0 saturated heterocycles. The number of para-hydroxylation sites is 4. The zero-order valence-corrected chi connectivity index (χ0v) is 19.3. The van der Waals surface area contributed by atoms with Crippen LogP contribution in [0.1, 0.15) is 77.0 Å². The highest BCUT2D eigenvalue weighted by Gasteiger charge is 2.12. The van der Waals surface area contributed by atoms with E-state index >= 15 is 0 Å². The van der Waals surface area contributed by atoms with Gasteiger partial charge in [0.05, 0.1) is 18.1 Å². The summed E-state index contributed by atoms with van der Waals surface area (Å²) in [5, 5.41) is 0. The number of methoxy groups -OCH3 is 1. The summed E-state index contributed by atoms with van der Waals surface area (Å²) in [5.74, 6) is 2.48. The van der Waals surface area contributed by atoms with Gasteiger partial charge in [0, 0.05) is 6.54 Å². The summed E-state index contributed by atoms with van der Waals surface area (Å²) < 4.78 is 13.8. The highest BCUT2D eigenvalue weighted by Crippen LogP contribution is 2.27. The predicted octanol–water partition coefficient (Wildman–Crippen LogP) is 7.54. The van der Waals surface area contributed by atoms with Crippen LogP contribution in [0, 0.1) is 0 Å². The SMILES string of the molecule is CCCCCCCCCCCCn1c(COc2ccccc2OC)nc2ccccc21. The van der Waals surface area contributed by atoms with Crippen molar-refractivity contribution in [2.24, 2.45) is 0 Å². The summed E-state index contributed by atoms with van der Waals surface area (Å²) >= 11 is 0. The molecule has 0 radical (unpaired) electrons. The number of nitrogens with zero attached hydrogens (tertiary/aromatic N) is 2. The average molecular weight is 423 g/mol. The molecule has 3 rings (SSSR count). The van der Waals surface area contributed by atoms with Crippen LogP contribution < -0.4 is 9.47 Å². The Balaban J connectivity index is 1.51. The maximum Gasteiger partial charge on any atom is 0.161 e. The standard InChI is InChI=1S/C27H38N2O2/c1-3-4-5-6-7-8-9-10-11-16-21-29-24-18-13-12-17-23(24)28-27(29)22-31-26-20-15-14-19-25(26)30-2/h12-15,17-20H,3-11,16,21-22H2,1-2H3. The van der Waals surface area contributed by atoms with Crippen molar-refractivity contribution >= 4 is 11.0 Å². The van der Waals surface area contributed by atoms with Crippen LogP contribution in [0.15, 0.2) is 48.5 Å². The van der Waals surface area contributed by atoms with E-state index in [-0.39, 0.29) is 0 Å². The van der Waals surface area contributed by atoms with Crippen molar-refractivity contribution in [3.8, 4) is 11.5 Å². The van der Waals surface area contributed by atoms with E-state index in [1.54, 1.807) is 7.11 Å². The summed E-state index contributed by atoms with van der Waals surface area (Å²) in [6, 6.07) is 16.1. The smallest absolute Gasteiger partial charge is 0.161 e. The molecule has 4 heteroatoms. The number of rotatable bonds is 15. The molecule has 2 aromatic carbocycles. The molecule has 1 aromatic heterocycles. The maximum atomic E-state index is 6.08. The number of aromatic nitrogens is 2. The Hall–Kier alpha value is -2.49. The number of fused-ring (bicyclic) bond motifs is 1. The lowest BCUT2D eigenvalue weighted by Crippen LogP contribution is -2.08. The van der Waals surface area contributed by atoms with Gasteiger partial charge >= 0.3 is 0 Å². The number of ether oxygens (including phenoxy) is 2. The molecule has 0 bridgehead atoms. The Morgan fingerprint density at radius 2 is 1.35 bits per heavy atom. The molecule has 0 unspecified atom stereocenters. The molecular formula is C27H38N2O2. The number of imidazole rings is 1. The van der Waals surface area contributed by atoms with E-state index in [0.29, 0.717) is 6.61 Å². The Bertz CT molecular complexity index is 903. The van der Waals surface area contributed by atoms with Crippen molar-refractivity contribution in [3.63, 3.8) is 0 Å². The second kappa shape index (κ2) is 13.0. The first-order valence-corrected chi connectivity index (χ1v) is 12.0. The van der Waals surface area contributed by atoms with Gasteiger partial charge in [-0.3, -0.25) is 0 Å². The molecule has 0 amide bonds. The van der Waals surface area contributed by atoms with Crippen LogP contribution in [0.2, 0.25) is 0 Å². The zero-order chi connectivity index (χ0) is 21.7. The Morgan fingerprint density at radius 1 is 0.742 bits per heavy atom. The minimum atomic E-state index is 0.437. The molecule has 0 atom stereocenters. The monoisotopic (exact) mass is 422 g/mol. The van der Waals surface area contributed by atoms with E-state index in [4.69, 9.17) is 14.5 Å². The molecule has 0 aliphatic rings. The van der Waals surface area contributed by atoms with Gasteiger partial charge in [-0.1, -0.05) is 89.0 Å². The number of benzene rings is 2. The van der Waals surface area contributed by atoms with E-state index < -0.39 is 0 Å². The number of aryl methyl sites for hydroxylation is 1. The quantitative estimate of drug-likeness (QED) is 0.237. The van der Waals surface area contributed by atoms with E-state index in [1.165, 1.54) is 69.7 Å². The van der Waals surface area contributed by atoms with Crippen LogP contribution >= 0.6 is 0 Å². The van der Waals surface area contributed by atoms with Crippen molar-refractivity contribution in [1.82, 2.24) is 9.55 Å². The van der Waals surface area contributed by atoms with Gasteiger partial charge in [-0.15, -0.1) is 0 Å². The van der Waals surface area contributed by atoms with Gasteiger partial charge in [0.25, 0.3) is 0 Å². The van der Waals surface area contributed by atoms with Crippen LogP contribution in [-0.4, -0.2) is 16.7 Å². The van der Waals surface area contributed by atoms with Crippen molar-refractivity contribution in [2.45, 2.75) is 84.3 Å². The average Bonchev–Trinajstić information content (AvgIpc) is 3.16. The second-order valence-corrected chi connectivity index (χ2v) is 8.29. The highest BCUT2D eigenvalue weighted by molar-refractivity contribution is 5.75. The zero-order valence-electron chi connectivity index (χ0n) is 19.3. The Kier molecular flexibility index (Phi) is 9.75. The maximum absolute atomic E-state index is 6.08. The Labute approximate surface area is 187 Å². The topological polar surface area (TPSA) is 36.3 Å². The first-order chi connectivity index (χ1) is 15.3. The third kappa shape index (κ3) is 7.02. The van der Waals surface area contributed by atoms with Gasteiger partial charge in [0.15, 0.2) is 11.5 Å². The van der Waals surface area contributed by atoms with Crippen molar-refractivity contribution in [2.75, 3.05) is 7.11 Å². The van der Waals surface area contributed by atoms with Gasteiger partial charge in [0.1, 0.15) is 12.4 Å². The third-order valence-corrected chi connectivity index (χ3v) is 5.89. The van der Waals surface area contributed by atoms with E-state index in [0.717, 1.165) is 29.4 Å². The molecular weight excluding hydrogens is 384 g/mol. The van der Waals surface area contributed by atoms with E-state index in [2.05, 4.69) is 29.7 Å². The van der Waals surface area contributed by atoms with Crippen LogP contribution in [-0.2, 0) is 13.2 Å². The molecule has 1 heterocycles. The van der Waals surface area contributed by atoms with Crippen LogP contribution in [0.3, 0.4) is 0 Å². The van der Waals surface area contributed by atoms with E-state index in [9.17, 15) is 0 Å². The number of hydrogen-bond donors (Lipinski definition) is 0. The number of hydrogen-bond acceptors (Lipinski definition) is 3. The minimum absolute atomic E-state index is 0.437. The van der Waals surface area contributed by atoms with Gasteiger partial charge in [-0.05, 0) is 30.7 Å². The number of unbranched alkanes of at least 4 members (excludes halogenated alkanes) is 9. The molecule has 0 aliphatic heterocycles. The van der Waals surface area contributed by atoms with Crippen molar-refractivity contribution in [3.05, 3.63) is 54.4 Å². The van der Waals surface area contributed by atoms with Crippen molar-refractivity contribution in [1.29, 1.82) is 0 Å². The lowest BCUT2D eigenvalue weighted by Gasteiger charge is -2.12. The predicted molar refractivity (Wildman–Crippen MR) is 129 cm³/mol. The van der Waals surface area contributed by atoms with E-state index in [1.807, 2.05) is 30.3 Å². The fourth-order valence-corrected chi connectivity index (χ4v) is 4.12. The molecule has 0 saturated carbocycles. The van der Waals surface area contributed by atoms with Crippen LogP contribution in [0.4, 0.5) is 0 Å². The summed E-state index contributed by atoms with van der Waals surface area (Å²) in [5.41, 5.74) is 2.23. The lowest BCUT2D eigenvalue weighted by molar-refractivity contribution is 0.271. The fourth-order valence-electron chi connectivity index (χ4n) is 4.12. The first-order valence-electron chi connectivity index (χ1n) is 12.0. The molecule has 0 fully saturated rings. The van der Waals surface area contributed by atoms with Gasteiger partial charge in [0.2, 0.25) is 0 Å². The summed E-state index contributed by atoms with van der Waals surface area (Å²) in [6.07, 6.45) is 13.5. The molecule has 31 heavy (non-hydrogen) atoms. The molecule has 0 aliphatic carbocycles. The molecule has 3 aromatic rings. The molecule has 0 N–H and O–H groups in total. The minimum Gasteiger partial charge on any atom is -0.493 e. The fraction of sp³-hybridized carbons (Fsp3) is 0.519. The normalized spacial score (nSPS) is 11.2. The van der Waals surface area contributed by atoms with Crippen LogP contribution in [0.25, 0.3) is 11.0 Å². The van der Waals surface area contributed by atoms with Crippen molar-refractivity contribution < 1.29 is 9.47 Å². The van der Waals surface area contributed by atoms with Gasteiger partial charge in [-0.2, -0.15) is 0 Å². The summed E-state index contributed by atoms with van der Waals surface area (Å²) in [6.45, 7) is 3.70. The largest absolute Gasteiger partial charge is 0.493 e. The third-order valence-electron chi connectivity index (χ3n) is 5.89. The van der Waals surface area contributed by atoms with Gasteiger partial charge in [-0.25, -0.2) is 4.98 Å². The summed E-state index contributed by atoms with van der Waals surface area (Å²) in [4.78, 5) is 4.84. The summed E-state index contributed by atoms with van der Waals surface area (Å²) in [7, 11) is 1.67. The van der Waals surface area contributed by atoms with Gasteiger partial charge < -0.3 is 14.0 Å². The second-order valence-electron chi connectivity index (χ2n) is 8.29.